The van der Waals surface area contributed by atoms with E-state index in [-0.39, 0.29) is 16.6 Å². The molecule has 1 heterocycles. The second kappa shape index (κ2) is 6.35. The molecule has 2 aromatic carbocycles. The van der Waals surface area contributed by atoms with Gasteiger partial charge in [-0.05, 0) is 30.0 Å². The molecule has 0 radical (unpaired) electrons. The van der Waals surface area contributed by atoms with E-state index in [9.17, 15) is 19.7 Å². The first-order valence-electron chi connectivity index (χ1n) is 8.03. The van der Waals surface area contributed by atoms with Crippen LogP contribution in [0.2, 0.25) is 0 Å². The maximum Gasteiger partial charge on any atom is 0.333 e. The number of nitrogens with zero attached hydrogens (tertiary/aromatic N) is 2. The Kier molecular flexibility index (Phi) is 4.22. The average Bonchev–Trinajstić information content (AvgIpc) is 2.61. The summed E-state index contributed by atoms with van der Waals surface area (Å²) in [6.45, 7) is 3.90. The van der Waals surface area contributed by atoms with Gasteiger partial charge in [0.15, 0.2) is 0 Å². The molecule has 25 heavy (non-hydrogen) atoms. The maximum absolute atomic E-state index is 13.0. The van der Waals surface area contributed by atoms with Gasteiger partial charge in [-0.1, -0.05) is 38.1 Å². The van der Waals surface area contributed by atoms with Crippen molar-refractivity contribution in [3.8, 4) is 5.69 Å². The van der Waals surface area contributed by atoms with E-state index in [0.717, 1.165) is 15.7 Å². The third-order valence-electron chi connectivity index (χ3n) is 4.30. The number of hydrogen-bond acceptors (Lipinski definition) is 4. The number of aromatic amines is 1. The Morgan fingerprint density at radius 1 is 1.04 bits per heavy atom. The molecule has 7 nitrogen and oxygen atoms in total. The number of rotatable bonds is 4. The van der Waals surface area contributed by atoms with Gasteiger partial charge in [0.05, 0.1) is 16.0 Å². The fourth-order valence-electron chi connectivity index (χ4n) is 3.08. The predicted molar refractivity (Wildman–Crippen MR) is 95.6 cm³/mol. The summed E-state index contributed by atoms with van der Waals surface area (Å²) in [4.78, 5) is 38.7. The zero-order valence-corrected chi connectivity index (χ0v) is 13.9. The number of non-ortho nitro benzene ring substituents is 1. The molecule has 0 atom stereocenters. The van der Waals surface area contributed by atoms with Crippen molar-refractivity contribution in [3.63, 3.8) is 0 Å². The van der Waals surface area contributed by atoms with Gasteiger partial charge in [0, 0.05) is 6.07 Å². The standard InChI is InChI=1S/C18H17N3O4/c1-3-11-7-5-8-12(4-2)16(11)20-17(22)13-9-6-10-14(21(24)25)15(13)19-18(20)23/h5-10H,3-4H2,1-2H3,(H,19,23). The maximum atomic E-state index is 13.0. The van der Waals surface area contributed by atoms with E-state index in [1.807, 2.05) is 32.0 Å². The van der Waals surface area contributed by atoms with Crippen LogP contribution in [0.4, 0.5) is 5.69 Å². The van der Waals surface area contributed by atoms with Crippen LogP contribution in [0, 0.1) is 10.1 Å². The van der Waals surface area contributed by atoms with Crippen molar-refractivity contribution in [1.82, 2.24) is 9.55 Å². The van der Waals surface area contributed by atoms with E-state index in [1.54, 1.807) is 0 Å². The first kappa shape index (κ1) is 16.6. The molecule has 0 aliphatic rings. The topological polar surface area (TPSA) is 98.0 Å². The van der Waals surface area contributed by atoms with Crippen molar-refractivity contribution in [3.05, 3.63) is 78.5 Å². The molecular formula is C18H17N3O4. The highest BCUT2D eigenvalue weighted by Gasteiger charge is 2.19. The van der Waals surface area contributed by atoms with Gasteiger partial charge in [-0.2, -0.15) is 0 Å². The molecule has 3 aromatic rings. The van der Waals surface area contributed by atoms with Gasteiger partial charge in [-0.25, -0.2) is 9.36 Å². The summed E-state index contributed by atoms with van der Waals surface area (Å²) in [5, 5.41) is 11.3. The van der Waals surface area contributed by atoms with E-state index >= 15 is 0 Å². The second-order valence-corrected chi connectivity index (χ2v) is 5.66. The third-order valence-corrected chi connectivity index (χ3v) is 4.30. The van der Waals surface area contributed by atoms with Gasteiger partial charge < -0.3 is 4.98 Å². The largest absolute Gasteiger partial charge is 0.333 e. The van der Waals surface area contributed by atoms with Gasteiger partial charge in [0.25, 0.3) is 11.2 Å². The molecule has 0 aliphatic heterocycles. The number of nitro benzene ring substituents is 1. The molecule has 0 bridgehead atoms. The minimum absolute atomic E-state index is 0.0502. The van der Waals surface area contributed by atoms with Gasteiger partial charge in [0.2, 0.25) is 0 Å². The van der Waals surface area contributed by atoms with E-state index in [2.05, 4.69) is 4.98 Å². The van der Waals surface area contributed by atoms with Crippen LogP contribution in [0.15, 0.2) is 46.0 Å². The molecule has 0 aliphatic carbocycles. The molecule has 0 saturated heterocycles. The average molecular weight is 339 g/mol. The van der Waals surface area contributed by atoms with E-state index in [1.165, 1.54) is 18.2 Å². The number of benzene rings is 2. The zero-order valence-electron chi connectivity index (χ0n) is 13.9. The van der Waals surface area contributed by atoms with Crippen molar-refractivity contribution < 1.29 is 4.92 Å². The lowest BCUT2D eigenvalue weighted by Crippen LogP contribution is -2.35. The van der Waals surface area contributed by atoms with E-state index in [4.69, 9.17) is 0 Å². The van der Waals surface area contributed by atoms with Crippen LogP contribution < -0.4 is 11.2 Å². The van der Waals surface area contributed by atoms with Crippen molar-refractivity contribution in [2.24, 2.45) is 0 Å². The molecule has 7 heteroatoms. The Morgan fingerprint density at radius 3 is 2.20 bits per heavy atom. The van der Waals surface area contributed by atoms with Crippen molar-refractivity contribution in [1.29, 1.82) is 0 Å². The Labute approximate surface area is 142 Å². The molecule has 0 saturated carbocycles. The highest BCUT2D eigenvalue weighted by molar-refractivity contribution is 5.86. The fourth-order valence-corrected chi connectivity index (χ4v) is 3.08. The van der Waals surface area contributed by atoms with Crippen molar-refractivity contribution >= 4 is 16.6 Å². The lowest BCUT2D eigenvalue weighted by atomic mass is 10.0. The first-order chi connectivity index (χ1) is 12.0. The van der Waals surface area contributed by atoms with Gasteiger partial charge in [-0.15, -0.1) is 0 Å². The van der Waals surface area contributed by atoms with Gasteiger partial charge >= 0.3 is 5.69 Å². The summed E-state index contributed by atoms with van der Waals surface area (Å²) in [6, 6.07) is 9.83. The van der Waals surface area contributed by atoms with Crippen LogP contribution in [-0.4, -0.2) is 14.5 Å². The monoisotopic (exact) mass is 339 g/mol. The van der Waals surface area contributed by atoms with E-state index in [0.29, 0.717) is 18.5 Å². The molecular weight excluding hydrogens is 322 g/mol. The highest BCUT2D eigenvalue weighted by Crippen LogP contribution is 2.22. The summed E-state index contributed by atoms with van der Waals surface area (Å²) in [5.41, 5.74) is 0.727. The van der Waals surface area contributed by atoms with Gasteiger partial charge in [0.1, 0.15) is 5.52 Å². The van der Waals surface area contributed by atoms with Crippen LogP contribution in [0.5, 0.6) is 0 Å². The Hall–Kier alpha value is -3.22. The predicted octanol–water partition coefficient (Wildman–Crippen LogP) is 2.71. The van der Waals surface area contributed by atoms with Crippen molar-refractivity contribution in [2.45, 2.75) is 26.7 Å². The highest BCUT2D eigenvalue weighted by atomic mass is 16.6. The number of aromatic nitrogens is 2. The fraction of sp³-hybridized carbons (Fsp3) is 0.222. The number of nitro groups is 1. The van der Waals surface area contributed by atoms with Crippen LogP contribution >= 0.6 is 0 Å². The van der Waals surface area contributed by atoms with E-state index < -0.39 is 16.2 Å². The number of H-pyrrole nitrogens is 1. The summed E-state index contributed by atoms with van der Waals surface area (Å²) in [7, 11) is 0. The molecule has 128 valence electrons. The molecule has 0 fully saturated rings. The molecule has 0 unspecified atom stereocenters. The molecule has 0 amide bonds. The molecule has 1 N–H and O–H groups in total. The minimum Gasteiger partial charge on any atom is -0.301 e. The van der Waals surface area contributed by atoms with Gasteiger partial charge in [-0.3, -0.25) is 14.9 Å². The smallest absolute Gasteiger partial charge is 0.301 e. The third kappa shape index (κ3) is 2.63. The summed E-state index contributed by atoms with van der Waals surface area (Å²) in [5.74, 6) is 0. The summed E-state index contributed by atoms with van der Waals surface area (Å²) < 4.78 is 1.09. The molecule has 1 aromatic heterocycles. The number of aryl methyl sites for hydroxylation is 2. The lowest BCUT2D eigenvalue weighted by Gasteiger charge is -2.15. The van der Waals surface area contributed by atoms with Crippen LogP contribution in [0.25, 0.3) is 16.6 Å². The van der Waals surface area contributed by atoms with Crippen LogP contribution in [0.1, 0.15) is 25.0 Å². The van der Waals surface area contributed by atoms with Crippen molar-refractivity contribution in [2.75, 3.05) is 0 Å². The first-order valence-corrected chi connectivity index (χ1v) is 8.03. The number of nitrogens with one attached hydrogen (secondary N) is 1. The Morgan fingerprint density at radius 2 is 1.64 bits per heavy atom. The molecule has 3 rings (SSSR count). The molecule has 0 spiro atoms. The summed E-state index contributed by atoms with van der Waals surface area (Å²) in [6.07, 6.45) is 1.31. The zero-order chi connectivity index (χ0) is 18.1. The quantitative estimate of drug-likeness (QED) is 0.583. The minimum atomic E-state index is -0.678. The normalized spacial score (nSPS) is 11.0. The number of fused-ring (bicyclic) bond motifs is 1. The second-order valence-electron chi connectivity index (χ2n) is 5.66. The Balaban J connectivity index is 2.47. The SMILES string of the molecule is CCc1cccc(CC)c1-n1c(=O)[nH]c2c([N+](=O)[O-])cccc2c1=O. The lowest BCUT2D eigenvalue weighted by molar-refractivity contribution is -0.383. The number of para-hydroxylation sites is 2. The Bertz CT molecular complexity index is 1070. The summed E-state index contributed by atoms with van der Waals surface area (Å²) >= 11 is 0. The van der Waals surface area contributed by atoms with Crippen LogP contribution in [-0.2, 0) is 12.8 Å². The number of hydrogen-bond donors (Lipinski definition) is 1. The van der Waals surface area contributed by atoms with Crippen LogP contribution in [0.3, 0.4) is 0 Å².